The van der Waals surface area contributed by atoms with Crippen LogP contribution in [0.2, 0.25) is 0 Å². The van der Waals surface area contributed by atoms with Gasteiger partial charge in [-0.05, 0) is 49.7 Å². The molecule has 1 aromatic rings. The molecule has 2 rings (SSSR count). The minimum absolute atomic E-state index is 0.260. The first-order valence-corrected chi connectivity index (χ1v) is 7.41. The van der Waals surface area contributed by atoms with Gasteiger partial charge in [-0.1, -0.05) is 20.3 Å². The first-order valence-electron chi connectivity index (χ1n) is 6.59. The fourth-order valence-electron chi connectivity index (χ4n) is 2.59. The molecule has 0 saturated heterocycles. The Labute approximate surface area is 103 Å². The molecule has 1 aliphatic carbocycles. The van der Waals surface area contributed by atoms with Gasteiger partial charge < -0.3 is 5.73 Å². The number of fused-ring (bicyclic) bond motifs is 1. The van der Waals surface area contributed by atoms with Crippen molar-refractivity contribution < 1.29 is 0 Å². The molecule has 0 spiro atoms. The Morgan fingerprint density at radius 3 is 2.81 bits per heavy atom. The summed E-state index contributed by atoms with van der Waals surface area (Å²) >= 11 is 1.97. The predicted octanol–water partition coefficient (Wildman–Crippen LogP) is 4.06. The number of hydrogen-bond acceptors (Lipinski definition) is 2. The van der Waals surface area contributed by atoms with Crippen molar-refractivity contribution in [1.29, 1.82) is 0 Å². The van der Waals surface area contributed by atoms with Crippen molar-refractivity contribution in [1.82, 2.24) is 0 Å². The van der Waals surface area contributed by atoms with E-state index >= 15 is 0 Å². The summed E-state index contributed by atoms with van der Waals surface area (Å²) in [6.07, 6.45) is 7.77. The molecule has 0 aromatic carbocycles. The number of thiophene rings is 1. The lowest BCUT2D eigenvalue weighted by Crippen LogP contribution is -2.17. The van der Waals surface area contributed by atoms with Gasteiger partial charge in [0.25, 0.3) is 0 Å². The fourth-order valence-corrected chi connectivity index (χ4v) is 3.99. The van der Waals surface area contributed by atoms with Crippen LogP contribution in [0.5, 0.6) is 0 Å². The van der Waals surface area contributed by atoms with Gasteiger partial charge in [0.1, 0.15) is 0 Å². The third kappa shape index (κ3) is 2.49. The molecule has 1 heterocycles. The number of rotatable bonds is 4. The van der Waals surface area contributed by atoms with Crippen molar-refractivity contribution in [2.75, 3.05) is 0 Å². The predicted molar refractivity (Wildman–Crippen MR) is 72.0 cm³/mol. The second-order valence-corrected chi connectivity index (χ2v) is 6.26. The number of nitrogens with two attached hydrogens (primary N) is 1. The van der Waals surface area contributed by atoms with Crippen LogP contribution in [0.3, 0.4) is 0 Å². The standard InChI is InChI=1S/C14H23NS/c1-3-6-10(2)14(15)13-9-11-7-4-5-8-12(11)16-13/h9-10,14H,3-8,15H2,1-2H3. The topological polar surface area (TPSA) is 26.0 Å². The molecule has 0 aliphatic heterocycles. The van der Waals surface area contributed by atoms with Crippen molar-refractivity contribution in [3.8, 4) is 0 Å². The summed E-state index contributed by atoms with van der Waals surface area (Å²) in [6, 6.07) is 2.64. The normalized spacial score (nSPS) is 19.2. The fraction of sp³-hybridized carbons (Fsp3) is 0.714. The summed E-state index contributed by atoms with van der Waals surface area (Å²) in [5, 5.41) is 0. The molecule has 2 N–H and O–H groups in total. The molecule has 2 unspecified atom stereocenters. The van der Waals surface area contributed by atoms with Gasteiger partial charge in [0, 0.05) is 15.8 Å². The van der Waals surface area contributed by atoms with Crippen molar-refractivity contribution in [2.24, 2.45) is 11.7 Å². The number of aryl methyl sites for hydroxylation is 2. The Morgan fingerprint density at radius 1 is 1.38 bits per heavy atom. The third-order valence-corrected chi connectivity index (χ3v) is 5.04. The van der Waals surface area contributed by atoms with Crippen LogP contribution >= 0.6 is 11.3 Å². The average Bonchev–Trinajstić information content (AvgIpc) is 2.71. The lowest BCUT2D eigenvalue weighted by molar-refractivity contribution is 0.438. The Morgan fingerprint density at radius 2 is 2.12 bits per heavy atom. The summed E-state index contributed by atoms with van der Waals surface area (Å²) in [6.45, 7) is 4.52. The lowest BCUT2D eigenvalue weighted by atomic mass is 9.94. The average molecular weight is 237 g/mol. The zero-order valence-electron chi connectivity index (χ0n) is 10.5. The van der Waals surface area contributed by atoms with E-state index in [4.69, 9.17) is 5.73 Å². The highest BCUT2D eigenvalue weighted by atomic mass is 32.1. The van der Waals surface area contributed by atoms with E-state index in [1.54, 1.807) is 10.4 Å². The van der Waals surface area contributed by atoms with E-state index in [-0.39, 0.29) is 6.04 Å². The van der Waals surface area contributed by atoms with Crippen molar-refractivity contribution in [2.45, 2.75) is 58.4 Å². The molecule has 1 aromatic heterocycles. The van der Waals surface area contributed by atoms with Crippen LogP contribution in [0.15, 0.2) is 6.07 Å². The van der Waals surface area contributed by atoms with Crippen LogP contribution in [0.25, 0.3) is 0 Å². The molecule has 1 nitrogen and oxygen atoms in total. The molecule has 1 aliphatic rings. The van der Waals surface area contributed by atoms with Gasteiger partial charge in [-0.25, -0.2) is 0 Å². The van der Waals surface area contributed by atoms with E-state index in [9.17, 15) is 0 Å². The second kappa shape index (κ2) is 5.33. The molecular weight excluding hydrogens is 214 g/mol. The Bertz CT molecular complexity index is 319. The zero-order chi connectivity index (χ0) is 11.5. The SMILES string of the molecule is CCCC(C)C(N)c1cc2c(s1)CCCC2. The van der Waals surface area contributed by atoms with Crippen molar-refractivity contribution in [3.63, 3.8) is 0 Å². The number of hydrogen-bond donors (Lipinski definition) is 1. The summed E-state index contributed by atoms with van der Waals surface area (Å²) in [5.74, 6) is 0.616. The maximum Gasteiger partial charge on any atom is 0.0415 e. The lowest BCUT2D eigenvalue weighted by Gasteiger charge is -2.17. The van der Waals surface area contributed by atoms with E-state index in [0.29, 0.717) is 5.92 Å². The molecule has 16 heavy (non-hydrogen) atoms. The molecule has 0 saturated carbocycles. The van der Waals surface area contributed by atoms with Crippen LogP contribution in [0.1, 0.15) is 60.9 Å². The highest BCUT2D eigenvalue weighted by Crippen LogP contribution is 2.35. The molecule has 0 amide bonds. The largest absolute Gasteiger partial charge is 0.323 e. The van der Waals surface area contributed by atoms with Crippen LogP contribution in [-0.4, -0.2) is 0 Å². The van der Waals surface area contributed by atoms with E-state index in [1.165, 1.54) is 43.4 Å². The second-order valence-electron chi connectivity index (χ2n) is 5.10. The smallest absolute Gasteiger partial charge is 0.0415 e. The van der Waals surface area contributed by atoms with E-state index in [1.807, 2.05) is 11.3 Å². The highest BCUT2D eigenvalue weighted by molar-refractivity contribution is 7.12. The van der Waals surface area contributed by atoms with Gasteiger partial charge in [-0.2, -0.15) is 0 Å². The Hall–Kier alpha value is -0.340. The van der Waals surface area contributed by atoms with Crippen LogP contribution in [0, 0.1) is 5.92 Å². The van der Waals surface area contributed by atoms with E-state index < -0.39 is 0 Å². The van der Waals surface area contributed by atoms with Crippen molar-refractivity contribution >= 4 is 11.3 Å². The maximum atomic E-state index is 6.35. The summed E-state index contributed by atoms with van der Waals surface area (Å²) in [4.78, 5) is 3.04. The van der Waals surface area contributed by atoms with E-state index in [0.717, 1.165) is 0 Å². The van der Waals surface area contributed by atoms with Gasteiger partial charge >= 0.3 is 0 Å². The first kappa shape index (κ1) is 12.1. The molecule has 90 valence electrons. The molecular formula is C14H23NS. The van der Waals surface area contributed by atoms with Gasteiger partial charge in [0.2, 0.25) is 0 Å². The highest BCUT2D eigenvalue weighted by Gasteiger charge is 2.20. The Balaban J connectivity index is 2.11. The van der Waals surface area contributed by atoms with Crippen LogP contribution in [-0.2, 0) is 12.8 Å². The monoisotopic (exact) mass is 237 g/mol. The van der Waals surface area contributed by atoms with Crippen molar-refractivity contribution in [3.05, 3.63) is 21.4 Å². The van der Waals surface area contributed by atoms with Gasteiger partial charge in [-0.15, -0.1) is 11.3 Å². The Kier molecular flexibility index (Phi) is 4.04. The zero-order valence-corrected chi connectivity index (χ0v) is 11.3. The van der Waals surface area contributed by atoms with E-state index in [2.05, 4.69) is 19.9 Å². The van der Waals surface area contributed by atoms with Gasteiger partial charge in [0.15, 0.2) is 0 Å². The minimum Gasteiger partial charge on any atom is -0.323 e. The first-order chi connectivity index (χ1) is 7.72. The maximum absolute atomic E-state index is 6.35. The molecule has 2 atom stereocenters. The summed E-state index contributed by atoms with van der Waals surface area (Å²) in [7, 11) is 0. The molecule has 0 fully saturated rings. The quantitative estimate of drug-likeness (QED) is 0.839. The summed E-state index contributed by atoms with van der Waals surface area (Å²) in [5.41, 5.74) is 7.94. The third-order valence-electron chi connectivity index (χ3n) is 3.70. The molecule has 0 radical (unpaired) electrons. The van der Waals surface area contributed by atoms with Gasteiger partial charge in [-0.3, -0.25) is 0 Å². The van der Waals surface area contributed by atoms with Crippen LogP contribution < -0.4 is 5.73 Å². The molecule has 2 heteroatoms. The van der Waals surface area contributed by atoms with Gasteiger partial charge in [0.05, 0.1) is 0 Å². The van der Waals surface area contributed by atoms with Crippen LogP contribution in [0.4, 0.5) is 0 Å². The molecule has 0 bridgehead atoms. The minimum atomic E-state index is 0.260. The summed E-state index contributed by atoms with van der Waals surface area (Å²) < 4.78 is 0.